The van der Waals surface area contributed by atoms with Gasteiger partial charge in [0.25, 0.3) is 0 Å². The first-order valence-corrected chi connectivity index (χ1v) is 13.5. The predicted octanol–water partition coefficient (Wildman–Crippen LogP) is 4.16. The summed E-state index contributed by atoms with van der Waals surface area (Å²) < 4.78 is 31.9. The van der Waals surface area contributed by atoms with Gasteiger partial charge in [0.15, 0.2) is 23.1 Å². The molecule has 1 fully saturated rings. The Morgan fingerprint density at radius 1 is 1.18 bits per heavy atom. The van der Waals surface area contributed by atoms with Crippen molar-refractivity contribution in [2.24, 2.45) is 0 Å². The van der Waals surface area contributed by atoms with E-state index in [0.717, 1.165) is 0 Å². The number of halogens is 1. The Labute approximate surface area is 232 Å². The zero-order chi connectivity index (χ0) is 29.1. The summed E-state index contributed by atoms with van der Waals surface area (Å²) in [6.07, 6.45) is 0.281. The minimum absolute atomic E-state index is 0.0398. The number of carboxylic acids is 1. The number of phenols is 1. The number of benzene rings is 2. The third-order valence-corrected chi connectivity index (χ3v) is 7.10. The molecular weight excluding hydrogens is 521 g/mol. The third kappa shape index (κ3) is 5.84. The quantitative estimate of drug-likeness (QED) is 0.329. The molecule has 0 aliphatic carbocycles. The minimum atomic E-state index is -1.05. The Hall–Kier alpha value is -3.86. The number of hydrogen-bond donors (Lipinski definition) is 3. The zero-order valence-electron chi connectivity index (χ0n) is 23.3. The van der Waals surface area contributed by atoms with E-state index in [0.29, 0.717) is 48.5 Å². The fraction of sp³-hybridized carbons (Fsp3) is 0.483. The topological polar surface area (TPSA) is 133 Å². The maximum absolute atomic E-state index is 15.4. The van der Waals surface area contributed by atoms with Crippen LogP contribution >= 0.6 is 0 Å². The van der Waals surface area contributed by atoms with Gasteiger partial charge in [0.1, 0.15) is 18.2 Å². The average molecular weight is 558 g/mol. The summed E-state index contributed by atoms with van der Waals surface area (Å²) in [5, 5.41) is 28.6. The molecule has 1 atom stereocenters. The summed E-state index contributed by atoms with van der Waals surface area (Å²) in [5.41, 5.74) is 2.08. The maximum atomic E-state index is 15.4. The first-order valence-electron chi connectivity index (χ1n) is 13.5. The van der Waals surface area contributed by atoms with Crippen LogP contribution in [0, 0.1) is 11.2 Å². The lowest BCUT2D eigenvalue weighted by Gasteiger charge is -2.24. The molecule has 0 aromatic heterocycles. The molecule has 0 spiro atoms. The number of carbonyl (C=O) groups is 2. The van der Waals surface area contributed by atoms with Gasteiger partial charge in [0, 0.05) is 25.2 Å². The van der Waals surface area contributed by atoms with E-state index in [2.05, 4.69) is 0 Å². The van der Waals surface area contributed by atoms with Crippen LogP contribution in [0.3, 0.4) is 0 Å². The second kappa shape index (κ2) is 12.1. The summed E-state index contributed by atoms with van der Waals surface area (Å²) in [7, 11) is 0. The van der Waals surface area contributed by atoms with E-state index in [4.69, 9.17) is 24.7 Å². The van der Waals surface area contributed by atoms with Crippen molar-refractivity contribution in [3.8, 4) is 17.2 Å². The number of aromatic hydroxyl groups is 1. The number of hydrogen-bond acceptors (Lipinski definition) is 8. The monoisotopic (exact) mass is 557 g/mol. The highest BCUT2D eigenvalue weighted by atomic mass is 19.1. The summed E-state index contributed by atoms with van der Waals surface area (Å²) in [5.74, 6) is -1.89. The Kier molecular flexibility index (Phi) is 8.82. The molecule has 0 bridgehead atoms. The Balaban J connectivity index is 1.58. The molecule has 11 heteroatoms. The Morgan fingerprint density at radius 2 is 1.90 bits per heavy atom. The van der Waals surface area contributed by atoms with Crippen molar-refractivity contribution in [3.63, 3.8) is 0 Å². The fourth-order valence-corrected chi connectivity index (χ4v) is 5.18. The highest BCUT2D eigenvalue weighted by Crippen LogP contribution is 2.40. The maximum Gasteiger partial charge on any atom is 0.329 e. The molecule has 3 N–H and O–H groups in total. The average Bonchev–Trinajstić information content (AvgIpc) is 3.49. The van der Waals surface area contributed by atoms with Gasteiger partial charge in [-0.05, 0) is 55.5 Å². The van der Waals surface area contributed by atoms with Crippen LogP contribution in [0.2, 0.25) is 0 Å². The van der Waals surface area contributed by atoms with Gasteiger partial charge in [-0.25, -0.2) is 9.18 Å². The van der Waals surface area contributed by atoms with Crippen LogP contribution in [0.5, 0.6) is 17.2 Å². The van der Waals surface area contributed by atoms with Gasteiger partial charge in [0.2, 0.25) is 0 Å². The van der Waals surface area contributed by atoms with Crippen LogP contribution in [-0.4, -0.2) is 78.3 Å². The van der Waals surface area contributed by atoms with Crippen LogP contribution in [0.15, 0.2) is 18.2 Å². The molecule has 2 aromatic rings. The second-order valence-corrected chi connectivity index (χ2v) is 10.2. The van der Waals surface area contributed by atoms with E-state index in [1.54, 1.807) is 32.0 Å². The molecule has 2 aliphatic heterocycles. The number of phenolic OH excluding ortho intramolecular Hbond substituents is 1. The first kappa shape index (κ1) is 29.1. The van der Waals surface area contributed by atoms with Crippen molar-refractivity contribution in [3.05, 3.63) is 46.3 Å². The molecule has 216 valence electrons. The number of nitrogens with zero attached hydrogens (tertiary/aromatic N) is 2. The number of anilines is 1. The van der Waals surface area contributed by atoms with Crippen LogP contribution in [0.1, 0.15) is 67.1 Å². The van der Waals surface area contributed by atoms with Crippen LogP contribution in [0.25, 0.3) is 0 Å². The molecular formula is C29H36FN3O7. The van der Waals surface area contributed by atoms with Crippen molar-refractivity contribution in [2.45, 2.75) is 52.7 Å². The van der Waals surface area contributed by atoms with Crippen molar-refractivity contribution in [1.29, 1.82) is 5.41 Å². The van der Waals surface area contributed by atoms with Gasteiger partial charge >= 0.3 is 5.97 Å². The zero-order valence-corrected chi connectivity index (χ0v) is 23.3. The van der Waals surface area contributed by atoms with Gasteiger partial charge in [-0.3, -0.25) is 10.2 Å². The van der Waals surface area contributed by atoms with E-state index in [1.165, 1.54) is 4.90 Å². The highest BCUT2D eigenvalue weighted by molar-refractivity contribution is 6.06. The predicted molar refractivity (Wildman–Crippen MR) is 147 cm³/mol. The Bertz CT molecular complexity index is 1310. The minimum Gasteiger partial charge on any atom is -0.505 e. The van der Waals surface area contributed by atoms with Gasteiger partial charge in [0.05, 0.1) is 37.1 Å². The molecule has 0 radical (unpaired) electrons. The summed E-state index contributed by atoms with van der Waals surface area (Å²) in [4.78, 5) is 27.8. The number of nitrogens with one attached hydrogen (secondary N) is 1. The number of fused-ring (bicyclic) bond motifs is 1. The van der Waals surface area contributed by atoms with Crippen LogP contribution < -0.4 is 14.4 Å². The van der Waals surface area contributed by atoms with E-state index in [-0.39, 0.29) is 66.1 Å². The smallest absolute Gasteiger partial charge is 0.329 e. The van der Waals surface area contributed by atoms with E-state index < -0.39 is 18.4 Å². The number of Topliss-reactive ketones (excluding diaryl/α,β-unsaturated/α-hetero) is 1. The summed E-state index contributed by atoms with van der Waals surface area (Å²) >= 11 is 0. The fourth-order valence-electron chi connectivity index (χ4n) is 5.18. The van der Waals surface area contributed by atoms with Crippen molar-refractivity contribution >= 4 is 23.3 Å². The molecule has 40 heavy (non-hydrogen) atoms. The van der Waals surface area contributed by atoms with Gasteiger partial charge in [-0.1, -0.05) is 13.8 Å². The van der Waals surface area contributed by atoms with Crippen molar-refractivity contribution in [2.75, 3.05) is 44.4 Å². The summed E-state index contributed by atoms with van der Waals surface area (Å²) in [6, 6.07) is 4.95. The van der Waals surface area contributed by atoms with E-state index in [9.17, 15) is 14.7 Å². The lowest BCUT2D eigenvalue weighted by molar-refractivity contribution is -0.143. The number of aliphatic carboxylic acids is 1. The number of ketones is 1. The standard InChI is InChI=1S/C29H36FN3O7/c1-5-38-23-11-18-12-33(29(31)25(18)26(30)28(23)39-6-2)14-22(34)17-9-20(16(3)4)27(37)21(10-17)32-8-7-19(13-32)40-15-24(35)36/h9-11,16,19,31,37H,5-8,12-15H2,1-4H3,(H,35,36). The molecule has 0 amide bonds. The number of rotatable bonds is 12. The Morgan fingerprint density at radius 3 is 2.55 bits per heavy atom. The third-order valence-electron chi connectivity index (χ3n) is 7.10. The first-order chi connectivity index (χ1) is 19.0. The molecule has 10 nitrogen and oxygen atoms in total. The number of ether oxygens (including phenoxy) is 3. The van der Waals surface area contributed by atoms with E-state index in [1.807, 2.05) is 18.7 Å². The largest absolute Gasteiger partial charge is 0.505 e. The number of carbonyl (C=O) groups excluding carboxylic acids is 1. The lowest BCUT2D eigenvalue weighted by Crippen LogP contribution is -2.31. The van der Waals surface area contributed by atoms with Gasteiger partial charge < -0.3 is 34.2 Å². The second-order valence-electron chi connectivity index (χ2n) is 10.2. The SMILES string of the molecule is CCOc1cc2c(c(F)c1OCC)C(=N)N(CC(=O)c1cc(C(C)C)c(O)c(N3CCC(OCC(=O)O)C3)c1)C2. The van der Waals surface area contributed by atoms with Gasteiger partial charge in [-0.15, -0.1) is 0 Å². The van der Waals surface area contributed by atoms with Crippen molar-refractivity contribution < 1.29 is 38.4 Å². The number of amidine groups is 1. The molecule has 1 unspecified atom stereocenters. The van der Waals surface area contributed by atoms with E-state index >= 15 is 4.39 Å². The molecule has 1 saturated heterocycles. The lowest BCUT2D eigenvalue weighted by atomic mass is 9.96. The van der Waals surface area contributed by atoms with Crippen LogP contribution in [-0.2, 0) is 16.1 Å². The van der Waals surface area contributed by atoms with Gasteiger partial charge in [-0.2, -0.15) is 0 Å². The molecule has 0 saturated carbocycles. The molecule has 4 rings (SSSR count). The normalized spacial score (nSPS) is 16.6. The molecule has 2 aliphatic rings. The number of carboxylic acid groups (broad SMARTS) is 1. The summed E-state index contributed by atoms with van der Waals surface area (Å²) in [6.45, 7) is 8.43. The molecule has 2 aromatic carbocycles. The van der Waals surface area contributed by atoms with Crippen LogP contribution in [0.4, 0.5) is 10.1 Å². The van der Waals surface area contributed by atoms with Crippen molar-refractivity contribution in [1.82, 2.24) is 4.90 Å². The molecule has 2 heterocycles. The highest BCUT2D eigenvalue weighted by Gasteiger charge is 2.34.